The Morgan fingerprint density at radius 3 is 2.23 bits per heavy atom. The Morgan fingerprint density at radius 2 is 1.63 bits per heavy atom. The van der Waals surface area contributed by atoms with Crippen molar-refractivity contribution in [3.8, 4) is 11.5 Å². The van der Waals surface area contributed by atoms with Crippen LogP contribution in [0.3, 0.4) is 0 Å². The second-order valence-electron chi connectivity index (χ2n) is 7.53. The quantitative estimate of drug-likeness (QED) is 0.289. The maximum absolute atomic E-state index is 6.83. The average Bonchev–Trinajstić information content (AvgIpc) is 2.69. The van der Waals surface area contributed by atoms with Crippen LogP contribution in [0, 0.1) is 0 Å². The van der Waals surface area contributed by atoms with Crippen molar-refractivity contribution in [1.29, 1.82) is 0 Å². The third-order valence-electron chi connectivity index (χ3n) is 4.44. The van der Waals surface area contributed by atoms with Crippen LogP contribution in [-0.2, 0) is 0 Å². The molecule has 0 aliphatic rings. The molecule has 0 aliphatic carbocycles. The maximum atomic E-state index is 6.83. The summed E-state index contributed by atoms with van der Waals surface area (Å²) in [4.78, 5) is 4.19. The fourth-order valence-electron chi connectivity index (χ4n) is 2.94. The molecule has 4 nitrogen and oxygen atoms in total. The van der Waals surface area contributed by atoms with Crippen LogP contribution in [0.25, 0.3) is 0 Å². The van der Waals surface area contributed by atoms with E-state index in [0.29, 0.717) is 22.2 Å². The molecule has 8 heteroatoms. The highest BCUT2D eigenvalue weighted by Gasteiger charge is 2.39. The number of hydrogen-bond acceptors (Lipinski definition) is 4. The van der Waals surface area contributed by atoms with Gasteiger partial charge in [-0.1, -0.05) is 48.3 Å². The summed E-state index contributed by atoms with van der Waals surface area (Å²) < 4.78 is 19.4. The van der Waals surface area contributed by atoms with Crippen molar-refractivity contribution in [1.82, 2.24) is 4.98 Å². The molecule has 1 aromatic heterocycles. The van der Waals surface area contributed by atoms with E-state index in [1.807, 2.05) is 42.5 Å². The fraction of sp³-hybridized carbons (Fsp3) is 0.227. The van der Waals surface area contributed by atoms with Gasteiger partial charge in [-0.3, -0.25) is 4.98 Å². The third-order valence-corrected chi connectivity index (χ3v) is 9.56. The smallest absolute Gasteiger partial charge is 0.173 e. The summed E-state index contributed by atoms with van der Waals surface area (Å²) in [7, 11) is -1.05. The number of ether oxygens (including phenoxy) is 1. The Hall–Kier alpha value is -1.33. The zero-order valence-electron chi connectivity index (χ0n) is 17.1. The molecule has 0 aliphatic heterocycles. The number of pyridine rings is 1. The normalized spacial score (nSPS) is 13.4. The van der Waals surface area contributed by atoms with Crippen molar-refractivity contribution < 1.29 is 9.26 Å². The topological polar surface area (TPSA) is 43.7 Å². The predicted octanol–water partition coefficient (Wildman–Crippen LogP) is 8.22. The van der Waals surface area contributed by atoms with Crippen molar-refractivity contribution in [2.75, 3.05) is 7.11 Å². The summed E-state index contributed by atoms with van der Waals surface area (Å²) in [5, 5.41) is 1.22. The van der Waals surface area contributed by atoms with Gasteiger partial charge in [-0.2, -0.15) is 0 Å². The van der Waals surface area contributed by atoms with Gasteiger partial charge >= 0.3 is 0 Å². The molecule has 0 N–H and O–H groups in total. The lowest BCUT2D eigenvalue weighted by Crippen LogP contribution is -2.27. The lowest BCUT2D eigenvalue weighted by atomic mass is 10.3. The van der Waals surface area contributed by atoms with E-state index >= 15 is 0 Å². The highest BCUT2D eigenvalue weighted by Crippen LogP contribution is 2.63. The Morgan fingerprint density at radius 1 is 0.967 bits per heavy atom. The predicted molar refractivity (Wildman–Crippen MR) is 133 cm³/mol. The molecule has 0 unspecified atom stereocenters. The van der Waals surface area contributed by atoms with E-state index in [1.54, 1.807) is 25.6 Å². The number of halogens is 3. The third kappa shape index (κ3) is 4.94. The van der Waals surface area contributed by atoms with Gasteiger partial charge in [0.25, 0.3) is 0 Å². The summed E-state index contributed by atoms with van der Waals surface area (Å²) in [6.45, 7) is 6.40. The molecule has 0 spiro atoms. The number of aromatic nitrogens is 1. The van der Waals surface area contributed by atoms with Gasteiger partial charge in [0.1, 0.15) is 17.2 Å². The lowest BCUT2D eigenvalue weighted by Gasteiger charge is -2.37. The minimum Gasteiger partial charge on any atom is -0.494 e. The monoisotopic (exact) mass is 570 g/mol. The highest BCUT2D eigenvalue weighted by molar-refractivity contribution is 9.11. The number of nitrogens with zero attached hydrogens (tertiary/aromatic N) is 2. The number of benzene rings is 2. The van der Waals surface area contributed by atoms with Gasteiger partial charge < -0.3 is 9.26 Å². The summed E-state index contributed by atoms with van der Waals surface area (Å²) in [6, 6.07) is 15.2. The van der Waals surface area contributed by atoms with E-state index in [0.717, 1.165) is 14.2 Å². The van der Waals surface area contributed by atoms with Crippen molar-refractivity contribution in [2.45, 2.75) is 25.9 Å². The lowest BCUT2D eigenvalue weighted by molar-refractivity contribution is 0.416. The SMILES string of the molecule is COc1ccc(Cl)cc1N=[P@@](Oc1ccc(Br)cc1Br)(c1ccncc1)C(C)(C)C. The molecule has 1 atom stereocenters. The molecule has 0 radical (unpaired) electrons. The molecule has 0 saturated carbocycles. The van der Waals surface area contributed by atoms with Gasteiger partial charge in [-0.15, -0.1) is 0 Å². The van der Waals surface area contributed by atoms with Crippen LogP contribution in [0.4, 0.5) is 5.69 Å². The first-order chi connectivity index (χ1) is 14.2. The van der Waals surface area contributed by atoms with Crippen molar-refractivity contribution >= 4 is 61.7 Å². The summed E-state index contributed by atoms with van der Waals surface area (Å²) in [5.74, 6) is 1.35. The van der Waals surface area contributed by atoms with Crippen LogP contribution < -0.4 is 14.6 Å². The van der Waals surface area contributed by atoms with E-state index in [1.165, 1.54) is 0 Å². The zero-order valence-corrected chi connectivity index (χ0v) is 21.9. The summed E-state index contributed by atoms with van der Waals surface area (Å²) >= 11 is 13.4. The zero-order chi connectivity index (χ0) is 21.9. The summed E-state index contributed by atoms with van der Waals surface area (Å²) in [5.41, 5.74) is 0.651. The molecule has 30 heavy (non-hydrogen) atoms. The Kier molecular flexibility index (Phi) is 7.34. The number of hydrogen-bond donors (Lipinski definition) is 0. The van der Waals surface area contributed by atoms with Crippen LogP contribution in [0.1, 0.15) is 20.8 Å². The van der Waals surface area contributed by atoms with E-state index in [-0.39, 0.29) is 5.16 Å². The van der Waals surface area contributed by atoms with E-state index in [9.17, 15) is 0 Å². The van der Waals surface area contributed by atoms with Gasteiger partial charge in [-0.25, -0.2) is 4.74 Å². The van der Waals surface area contributed by atoms with Gasteiger partial charge in [-0.05, 0) is 64.5 Å². The van der Waals surface area contributed by atoms with Crippen LogP contribution >= 0.6 is 50.7 Å². The van der Waals surface area contributed by atoms with Crippen LogP contribution in [0.2, 0.25) is 5.02 Å². The molecular weight excluding hydrogens is 550 g/mol. The van der Waals surface area contributed by atoms with Gasteiger partial charge in [0.15, 0.2) is 7.28 Å². The van der Waals surface area contributed by atoms with E-state index in [4.69, 9.17) is 25.6 Å². The van der Waals surface area contributed by atoms with E-state index < -0.39 is 7.28 Å². The first kappa shape index (κ1) is 23.3. The molecular formula is C22H22Br2ClN2O2P. The van der Waals surface area contributed by atoms with E-state index in [2.05, 4.69) is 57.6 Å². The molecule has 0 amide bonds. The molecule has 158 valence electrons. The molecule has 0 saturated heterocycles. The molecule has 1 heterocycles. The van der Waals surface area contributed by atoms with Gasteiger partial charge in [0, 0.05) is 32.3 Å². The van der Waals surface area contributed by atoms with Gasteiger partial charge in [0.2, 0.25) is 0 Å². The van der Waals surface area contributed by atoms with Crippen molar-refractivity contribution in [3.05, 3.63) is 74.9 Å². The number of methoxy groups -OCH3 is 1. The minimum absolute atomic E-state index is 0.339. The largest absolute Gasteiger partial charge is 0.494 e. The maximum Gasteiger partial charge on any atom is 0.173 e. The number of rotatable bonds is 5. The molecule has 3 aromatic rings. The standard InChI is InChI=1S/C22H22Br2ClN2O2P/c1-22(2,3)30(17-9-11-26-12-10-17,29-20-7-5-15(23)13-18(20)24)27-19-14-16(25)6-8-21(19)28-4/h5-14H,1-4H3/t30-/m1/s1. The second-order valence-corrected chi connectivity index (χ2v) is 13.1. The first-order valence-electron chi connectivity index (χ1n) is 9.17. The van der Waals surface area contributed by atoms with Crippen molar-refractivity contribution in [2.24, 2.45) is 4.74 Å². The summed E-state index contributed by atoms with van der Waals surface area (Å²) in [6.07, 6.45) is 3.53. The Bertz CT molecular complexity index is 1100. The molecule has 0 fully saturated rings. The second kappa shape index (κ2) is 9.44. The molecule has 3 rings (SSSR count). The van der Waals surface area contributed by atoms with Gasteiger partial charge in [0.05, 0.1) is 11.6 Å². The average molecular weight is 573 g/mol. The molecule has 0 bridgehead atoms. The first-order valence-corrected chi connectivity index (χ1v) is 12.8. The van der Waals surface area contributed by atoms with Crippen LogP contribution in [-0.4, -0.2) is 17.2 Å². The fourth-order valence-corrected chi connectivity index (χ4v) is 7.41. The molecule has 2 aromatic carbocycles. The van der Waals surface area contributed by atoms with Crippen molar-refractivity contribution in [3.63, 3.8) is 0 Å². The van der Waals surface area contributed by atoms with Crippen LogP contribution in [0.5, 0.6) is 11.5 Å². The minimum atomic E-state index is -2.68. The highest BCUT2D eigenvalue weighted by atomic mass is 79.9. The Labute approximate surface area is 199 Å². The Balaban J connectivity index is 2.36. The van der Waals surface area contributed by atoms with Crippen LogP contribution in [0.15, 0.2) is 74.6 Å².